The largest absolute Gasteiger partial charge is 0.346 e. The first-order chi connectivity index (χ1) is 14.9. The number of aryl methyl sites for hydroxylation is 1. The van der Waals surface area contributed by atoms with Crippen molar-refractivity contribution >= 4 is 33.1 Å². The molecule has 8 nitrogen and oxygen atoms in total. The van der Waals surface area contributed by atoms with E-state index < -0.39 is 27.4 Å². The molecule has 1 aromatic carbocycles. The molecule has 10 heteroatoms. The third-order valence-electron chi connectivity index (χ3n) is 5.88. The summed E-state index contributed by atoms with van der Waals surface area (Å²) in [7, 11) is -1.49. The molecule has 1 saturated heterocycles. The lowest BCUT2D eigenvalue weighted by atomic mass is 10.1. The molecular weight excluding hydrogens is 437 g/mol. The van der Waals surface area contributed by atoms with Crippen LogP contribution in [0.2, 0.25) is 0 Å². The number of halogens is 1. The summed E-state index contributed by atoms with van der Waals surface area (Å²) in [6, 6.07) is 3.81. The molecule has 0 aliphatic carbocycles. The van der Waals surface area contributed by atoms with Crippen LogP contribution < -0.4 is 10.6 Å². The fourth-order valence-electron chi connectivity index (χ4n) is 3.94. The van der Waals surface area contributed by atoms with Gasteiger partial charge in [0, 0.05) is 24.5 Å². The van der Waals surface area contributed by atoms with Crippen LogP contribution in [0.25, 0.3) is 0 Å². The highest BCUT2D eigenvalue weighted by atomic mass is 32.2. The van der Waals surface area contributed by atoms with Crippen molar-refractivity contribution < 1.29 is 27.2 Å². The number of hydrogen-bond acceptors (Lipinski definition) is 5. The monoisotopic (exact) mass is 463 g/mol. The number of aromatic nitrogens is 1. The highest BCUT2D eigenvalue weighted by molar-refractivity contribution is 7.91. The molecule has 0 atom stereocenters. The zero-order valence-electron chi connectivity index (χ0n) is 18.4. The molecule has 0 bridgehead atoms. The second-order valence-corrected chi connectivity index (χ2v) is 10.4. The van der Waals surface area contributed by atoms with Crippen molar-refractivity contribution in [1.29, 1.82) is 0 Å². The second kappa shape index (κ2) is 8.85. The first kappa shape index (κ1) is 23.6. The standard InChI is InChI=1S/C22H26FN3O5S/c1-12-11-16(5-6-17(12)23)25-21(28)18-13(2)19(26(4)14(18)3)20(27)22(29)24-15-7-9-32(30,31)10-8-15/h5-6,11,15H,7-10H2,1-4H3,(H,24,29)(H,25,28). The van der Waals surface area contributed by atoms with Gasteiger partial charge in [0.25, 0.3) is 17.6 Å². The van der Waals surface area contributed by atoms with Gasteiger partial charge in [-0.15, -0.1) is 0 Å². The van der Waals surface area contributed by atoms with Crippen molar-refractivity contribution in [2.45, 2.75) is 39.7 Å². The van der Waals surface area contributed by atoms with E-state index in [1.807, 2.05) is 0 Å². The zero-order valence-corrected chi connectivity index (χ0v) is 19.2. The minimum Gasteiger partial charge on any atom is -0.346 e. The number of ketones is 1. The van der Waals surface area contributed by atoms with Gasteiger partial charge in [-0.2, -0.15) is 0 Å². The number of Topliss-reactive ketones (excluding diaryl/α,β-unsaturated/α-hetero) is 1. The van der Waals surface area contributed by atoms with Crippen LogP contribution in [0.3, 0.4) is 0 Å². The molecule has 3 rings (SSSR count). The lowest BCUT2D eigenvalue weighted by molar-refractivity contribution is -0.117. The Kier molecular flexibility index (Phi) is 6.54. The minimum absolute atomic E-state index is 0.0262. The van der Waals surface area contributed by atoms with Crippen LogP contribution in [0.5, 0.6) is 0 Å². The second-order valence-electron chi connectivity index (χ2n) is 8.14. The van der Waals surface area contributed by atoms with Crippen LogP contribution in [0.1, 0.15) is 50.5 Å². The van der Waals surface area contributed by atoms with E-state index >= 15 is 0 Å². The normalized spacial score (nSPS) is 15.9. The van der Waals surface area contributed by atoms with Gasteiger partial charge in [0.1, 0.15) is 15.7 Å². The molecule has 1 aliphatic rings. The molecule has 1 aromatic heterocycles. The summed E-state index contributed by atoms with van der Waals surface area (Å²) in [5.41, 5.74) is 1.99. The minimum atomic E-state index is -3.09. The molecule has 1 fully saturated rings. The third-order valence-corrected chi connectivity index (χ3v) is 7.60. The van der Waals surface area contributed by atoms with Crippen molar-refractivity contribution in [2.75, 3.05) is 16.8 Å². The van der Waals surface area contributed by atoms with Crippen LogP contribution in [-0.4, -0.2) is 48.1 Å². The van der Waals surface area contributed by atoms with Crippen molar-refractivity contribution in [3.8, 4) is 0 Å². The Morgan fingerprint density at radius 1 is 1.09 bits per heavy atom. The van der Waals surface area contributed by atoms with Crippen LogP contribution in [-0.2, 0) is 21.7 Å². The molecule has 32 heavy (non-hydrogen) atoms. The maximum atomic E-state index is 13.5. The van der Waals surface area contributed by atoms with Crippen molar-refractivity contribution in [2.24, 2.45) is 7.05 Å². The van der Waals surface area contributed by atoms with Crippen molar-refractivity contribution in [3.63, 3.8) is 0 Å². The Labute approximate surface area is 186 Å². The number of amides is 2. The fraction of sp³-hybridized carbons (Fsp3) is 0.409. The molecule has 0 unspecified atom stereocenters. The highest BCUT2D eigenvalue weighted by Crippen LogP contribution is 2.24. The zero-order chi connectivity index (χ0) is 23.8. The summed E-state index contributed by atoms with van der Waals surface area (Å²) in [6.45, 7) is 4.84. The number of sulfone groups is 1. The molecule has 0 spiro atoms. The van der Waals surface area contributed by atoms with E-state index in [9.17, 15) is 27.2 Å². The van der Waals surface area contributed by atoms with E-state index in [4.69, 9.17) is 0 Å². The summed E-state index contributed by atoms with van der Waals surface area (Å²) < 4.78 is 38.1. The van der Waals surface area contributed by atoms with Crippen LogP contribution in [0.15, 0.2) is 18.2 Å². The topological polar surface area (TPSA) is 114 Å². The van der Waals surface area contributed by atoms with Gasteiger partial charge >= 0.3 is 0 Å². The van der Waals surface area contributed by atoms with Crippen LogP contribution in [0, 0.1) is 26.6 Å². The lowest BCUT2D eigenvalue weighted by Crippen LogP contribution is -2.44. The Morgan fingerprint density at radius 2 is 1.72 bits per heavy atom. The van der Waals surface area contributed by atoms with Crippen LogP contribution in [0.4, 0.5) is 10.1 Å². The number of hydrogen-bond donors (Lipinski definition) is 2. The number of carbonyl (C=O) groups is 3. The molecule has 0 saturated carbocycles. The SMILES string of the molecule is Cc1cc(NC(=O)c2c(C)c(C(=O)C(=O)NC3CCS(=O)(=O)CC3)n(C)c2C)ccc1F. The summed E-state index contributed by atoms with van der Waals surface area (Å²) in [6.07, 6.45) is 0.522. The number of benzene rings is 1. The molecule has 2 heterocycles. The molecule has 172 valence electrons. The molecule has 1 aliphatic heterocycles. The maximum absolute atomic E-state index is 13.5. The Balaban J connectivity index is 1.80. The summed E-state index contributed by atoms with van der Waals surface area (Å²) in [5, 5.41) is 5.32. The van der Waals surface area contributed by atoms with E-state index in [1.165, 1.54) is 22.8 Å². The summed E-state index contributed by atoms with van der Waals surface area (Å²) in [5.74, 6) is -2.54. The van der Waals surface area contributed by atoms with Gasteiger partial charge in [-0.25, -0.2) is 12.8 Å². The van der Waals surface area contributed by atoms with E-state index in [0.717, 1.165) is 0 Å². The van der Waals surface area contributed by atoms with Crippen molar-refractivity contribution in [3.05, 3.63) is 52.1 Å². The van der Waals surface area contributed by atoms with Gasteiger partial charge in [-0.3, -0.25) is 14.4 Å². The predicted octanol–water partition coefficient (Wildman–Crippen LogP) is 2.22. The molecule has 2 aromatic rings. The van der Waals surface area contributed by atoms with Gasteiger partial charge in [0.05, 0.1) is 22.8 Å². The number of anilines is 1. The third kappa shape index (κ3) is 4.74. The first-order valence-electron chi connectivity index (χ1n) is 10.2. The van der Waals surface area contributed by atoms with Gasteiger partial charge in [-0.05, 0) is 62.9 Å². The molecule has 2 amide bonds. The Bertz CT molecular complexity index is 1200. The average Bonchev–Trinajstić information content (AvgIpc) is 2.94. The number of rotatable bonds is 5. The van der Waals surface area contributed by atoms with E-state index in [2.05, 4.69) is 10.6 Å². The smallest absolute Gasteiger partial charge is 0.294 e. The maximum Gasteiger partial charge on any atom is 0.294 e. The van der Waals surface area contributed by atoms with E-state index in [0.29, 0.717) is 22.5 Å². The number of nitrogens with one attached hydrogen (secondary N) is 2. The quantitative estimate of drug-likeness (QED) is 0.521. The Morgan fingerprint density at radius 3 is 2.31 bits per heavy atom. The summed E-state index contributed by atoms with van der Waals surface area (Å²) in [4.78, 5) is 38.4. The molecule has 0 radical (unpaired) electrons. The van der Waals surface area contributed by atoms with Crippen molar-refractivity contribution in [1.82, 2.24) is 9.88 Å². The van der Waals surface area contributed by atoms with Gasteiger partial charge in [0.15, 0.2) is 0 Å². The van der Waals surface area contributed by atoms with E-state index in [-0.39, 0.29) is 47.5 Å². The number of carbonyl (C=O) groups excluding carboxylic acids is 3. The van der Waals surface area contributed by atoms with Gasteiger partial charge < -0.3 is 15.2 Å². The molecular formula is C22H26FN3O5S. The fourth-order valence-corrected chi connectivity index (χ4v) is 5.43. The Hall–Kier alpha value is -3.01. The van der Waals surface area contributed by atoms with Crippen LogP contribution >= 0.6 is 0 Å². The first-order valence-corrected chi connectivity index (χ1v) is 12.0. The lowest BCUT2D eigenvalue weighted by Gasteiger charge is -2.22. The molecule has 2 N–H and O–H groups in total. The number of nitrogens with zero attached hydrogens (tertiary/aromatic N) is 1. The summed E-state index contributed by atoms with van der Waals surface area (Å²) >= 11 is 0. The average molecular weight is 464 g/mol. The van der Waals surface area contributed by atoms with Gasteiger partial charge in [0.2, 0.25) is 0 Å². The van der Waals surface area contributed by atoms with E-state index in [1.54, 1.807) is 27.8 Å². The highest BCUT2D eigenvalue weighted by Gasteiger charge is 2.31. The van der Waals surface area contributed by atoms with Gasteiger partial charge in [-0.1, -0.05) is 0 Å². The predicted molar refractivity (Wildman–Crippen MR) is 118 cm³/mol.